The summed E-state index contributed by atoms with van der Waals surface area (Å²) >= 11 is 0. The smallest absolute Gasteiger partial charge is 0.107 e. The zero-order valence-electron chi connectivity index (χ0n) is 9.67. The molecule has 0 spiro atoms. The zero-order valence-corrected chi connectivity index (χ0v) is 9.67. The lowest BCUT2D eigenvalue weighted by Crippen LogP contribution is -2.51. The molecule has 1 fully saturated rings. The molecule has 0 aromatic carbocycles. The Bertz CT molecular complexity index is 171. The van der Waals surface area contributed by atoms with E-state index in [0.29, 0.717) is 0 Å². The van der Waals surface area contributed by atoms with Gasteiger partial charge >= 0.3 is 0 Å². The van der Waals surface area contributed by atoms with Gasteiger partial charge in [0, 0.05) is 0 Å². The van der Waals surface area contributed by atoms with Crippen molar-refractivity contribution in [3.05, 3.63) is 12.3 Å². The van der Waals surface area contributed by atoms with E-state index in [4.69, 9.17) is 4.74 Å². The van der Waals surface area contributed by atoms with Crippen LogP contribution in [0.25, 0.3) is 0 Å². The molecule has 0 bridgehead atoms. The number of allylic oxidation sites excluding steroid dienone is 1. The van der Waals surface area contributed by atoms with E-state index in [9.17, 15) is 0 Å². The molecule has 2 nitrogen and oxygen atoms in total. The van der Waals surface area contributed by atoms with Crippen LogP contribution in [0.5, 0.6) is 0 Å². The molecule has 0 saturated carbocycles. The summed E-state index contributed by atoms with van der Waals surface area (Å²) in [5, 5.41) is 0. The van der Waals surface area contributed by atoms with E-state index in [2.05, 4.69) is 26.1 Å². The lowest BCUT2D eigenvalue weighted by Gasteiger charge is -2.38. The van der Waals surface area contributed by atoms with Crippen molar-refractivity contribution < 1.29 is 9.22 Å². The lowest BCUT2D eigenvalue weighted by atomic mass is 10.2. The highest BCUT2D eigenvalue weighted by molar-refractivity contribution is 4.74. The van der Waals surface area contributed by atoms with Crippen LogP contribution in [0.4, 0.5) is 0 Å². The van der Waals surface area contributed by atoms with Crippen LogP contribution in [0, 0.1) is 0 Å². The van der Waals surface area contributed by atoms with Gasteiger partial charge < -0.3 is 4.74 Å². The molecule has 0 unspecified atom stereocenters. The fourth-order valence-corrected chi connectivity index (χ4v) is 1.96. The Balaban J connectivity index is 2.52. The second-order valence-corrected chi connectivity index (χ2v) is 4.15. The third-order valence-electron chi connectivity index (χ3n) is 2.98. The van der Waals surface area contributed by atoms with Crippen LogP contribution in [0.2, 0.25) is 0 Å². The third kappa shape index (κ3) is 3.43. The number of hydrogen-bond acceptors (Lipinski definition) is 1. The number of unbranched alkanes of at least 4 members (excludes halogenated alkanes) is 1. The maximum atomic E-state index is 5.44. The summed E-state index contributed by atoms with van der Waals surface area (Å²) in [7, 11) is 0. The molecule has 0 amide bonds. The Morgan fingerprint density at radius 1 is 1.21 bits per heavy atom. The van der Waals surface area contributed by atoms with Gasteiger partial charge in [-0.25, -0.2) is 0 Å². The van der Waals surface area contributed by atoms with Crippen molar-refractivity contribution in [2.75, 3.05) is 32.8 Å². The Kier molecular flexibility index (Phi) is 5.20. The number of nitrogens with zero attached hydrogens (tertiary/aromatic N) is 1. The van der Waals surface area contributed by atoms with Gasteiger partial charge in [-0.2, -0.15) is 0 Å². The molecule has 1 saturated heterocycles. The fraction of sp³-hybridized carbons (Fsp3) is 0.833. The molecular formula is C12H24NO+. The Hall–Kier alpha value is -0.340. The van der Waals surface area contributed by atoms with Crippen molar-refractivity contribution in [2.45, 2.75) is 33.1 Å². The third-order valence-corrected chi connectivity index (χ3v) is 2.98. The molecule has 1 rings (SSSR count). The van der Waals surface area contributed by atoms with Gasteiger partial charge in [0.2, 0.25) is 0 Å². The zero-order chi connectivity index (χ0) is 10.3. The maximum absolute atomic E-state index is 5.44. The largest absolute Gasteiger partial charge is 0.370 e. The molecule has 0 atom stereocenters. The Labute approximate surface area is 88.1 Å². The second-order valence-electron chi connectivity index (χ2n) is 4.15. The van der Waals surface area contributed by atoms with Gasteiger partial charge in [0.15, 0.2) is 0 Å². The summed E-state index contributed by atoms with van der Waals surface area (Å²) < 4.78 is 6.59. The molecule has 14 heavy (non-hydrogen) atoms. The quantitative estimate of drug-likeness (QED) is 0.617. The van der Waals surface area contributed by atoms with Gasteiger partial charge in [0.25, 0.3) is 0 Å². The first-order chi connectivity index (χ1) is 6.83. The SMILES string of the molecule is CCC=C[N+]1(CCCC)CCOCC1. The molecular weight excluding hydrogens is 174 g/mol. The Morgan fingerprint density at radius 3 is 2.50 bits per heavy atom. The van der Waals surface area contributed by atoms with Crippen LogP contribution in [0.1, 0.15) is 33.1 Å². The van der Waals surface area contributed by atoms with Crippen LogP contribution in [-0.2, 0) is 4.74 Å². The number of quaternary nitrogens is 1. The summed E-state index contributed by atoms with van der Waals surface area (Å²) in [6, 6.07) is 0. The monoisotopic (exact) mass is 198 g/mol. The molecule has 0 aromatic rings. The van der Waals surface area contributed by atoms with Gasteiger partial charge in [-0.05, 0) is 18.9 Å². The van der Waals surface area contributed by atoms with Crippen molar-refractivity contribution >= 4 is 0 Å². The van der Waals surface area contributed by atoms with Crippen molar-refractivity contribution in [1.82, 2.24) is 0 Å². The lowest BCUT2D eigenvalue weighted by molar-refractivity contribution is -0.887. The average Bonchev–Trinajstić information content (AvgIpc) is 2.25. The highest BCUT2D eigenvalue weighted by Crippen LogP contribution is 2.14. The number of morpholine rings is 1. The topological polar surface area (TPSA) is 9.23 Å². The predicted molar refractivity (Wildman–Crippen MR) is 60.0 cm³/mol. The average molecular weight is 198 g/mol. The fourth-order valence-electron chi connectivity index (χ4n) is 1.96. The highest BCUT2D eigenvalue weighted by Gasteiger charge is 2.26. The highest BCUT2D eigenvalue weighted by atomic mass is 16.5. The van der Waals surface area contributed by atoms with Crippen molar-refractivity contribution in [2.24, 2.45) is 0 Å². The van der Waals surface area contributed by atoms with Crippen LogP contribution in [-0.4, -0.2) is 37.3 Å². The van der Waals surface area contributed by atoms with Crippen LogP contribution in [0.3, 0.4) is 0 Å². The summed E-state index contributed by atoms with van der Waals surface area (Å²) in [5.41, 5.74) is 0. The van der Waals surface area contributed by atoms with E-state index in [0.717, 1.165) is 37.2 Å². The maximum Gasteiger partial charge on any atom is 0.107 e. The van der Waals surface area contributed by atoms with Gasteiger partial charge in [-0.15, -0.1) is 0 Å². The molecule has 1 aliphatic heterocycles. The minimum Gasteiger partial charge on any atom is -0.370 e. The molecule has 0 radical (unpaired) electrons. The second kappa shape index (κ2) is 6.20. The summed E-state index contributed by atoms with van der Waals surface area (Å²) in [5.74, 6) is 0. The van der Waals surface area contributed by atoms with Gasteiger partial charge in [-0.3, -0.25) is 4.48 Å². The minimum absolute atomic E-state index is 0.928. The van der Waals surface area contributed by atoms with Gasteiger partial charge in [0.1, 0.15) is 13.1 Å². The van der Waals surface area contributed by atoms with Crippen LogP contribution >= 0.6 is 0 Å². The Morgan fingerprint density at radius 2 is 1.93 bits per heavy atom. The van der Waals surface area contributed by atoms with E-state index < -0.39 is 0 Å². The molecule has 0 aliphatic carbocycles. The molecule has 0 aromatic heterocycles. The van der Waals surface area contributed by atoms with E-state index in [1.54, 1.807) is 0 Å². The predicted octanol–water partition coefficient (Wildman–Crippen LogP) is 2.56. The molecule has 2 heteroatoms. The first kappa shape index (κ1) is 11.7. The van der Waals surface area contributed by atoms with Crippen molar-refractivity contribution in [3.8, 4) is 0 Å². The van der Waals surface area contributed by atoms with E-state index in [-0.39, 0.29) is 0 Å². The van der Waals surface area contributed by atoms with E-state index >= 15 is 0 Å². The number of hydrogen-bond donors (Lipinski definition) is 0. The first-order valence-electron chi connectivity index (χ1n) is 5.94. The normalized spacial score (nSPS) is 21.6. The van der Waals surface area contributed by atoms with Crippen LogP contribution in [0.15, 0.2) is 12.3 Å². The van der Waals surface area contributed by atoms with Crippen molar-refractivity contribution in [1.29, 1.82) is 0 Å². The number of rotatable bonds is 5. The van der Waals surface area contributed by atoms with Crippen molar-refractivity contribution in [3.63, 3.8) is 0 Å². The summed E-state index contributed by atoms with van der Waals surface area (Å²) in [6.07, 6.45) is 8.47. The van der Waals surface area contributed by atoms with Gasteiger partial charge in [0.05, 0.1) is 26.0 Å². The molecule has 1 aliphatic rings. The minimum atomic E-state index is 0.928. The summed E-state index contributed by atoms with van der Waals surface area (Å²) in [6.45, 7) is 9.94. The molecule has 0 N–H and O–H groups in total. The standard InChI is InChI=1S/C12H24NO/c1-3-5-7-13(8-6-4-2)9-11-14-12-10-13/h5,7H,3-4,6,8-12H2,1-2H3/q+1. The van der Waals surface area contributed by atoms with E-state index in [1.165, 1.54) is 19.4 Å². The molecule has 1 heterocycles. The number of ether oxygens (including phenoxy) is 1. The van der Waals surface area contributed by atoms with E-state index in [1.807, 2.05) is 0 Å². The first-order valence-corrected chi connectivity index (χ1v) is 5.94. The summed E-state index contributed by atoms with van der Waals surface area (Å²) in [4.78, 5) is 0. The van der Waals surface area contributed by atoms with Crippen LogP contribution < -0.4 is 0 Å². The van der Waals surface area contributed by atoms with Gasteiger partial charge in [-0.1, -0.05) is 20.3 Å². The molecule has 82 valence electrons.